The van der Waals surface area contributed by atoms with Crippen molar-refractivity contribution in [2.45, 2.75) is 89.5 Å². The lowest BCUT2D eigenvalue weighted by Gasteiger charge is -2.61. The Labute approximate surface area is 205 Å². The second kappa shape index (κ2) is 7.91. The molecule has 2 heterocycles. The van der Waals surface area contributed by atoms with Crippen molar-refractivity contribution >= 4 is 29.3 Å². The number of carbonyl (C=O) groups is 3. The second-order valence-electron chi connectivity index (χ2n) is 12.0. The molecule has 0 aromatic rings. The molecule has 6 nitrogen and oxygen atoms in total. The molecule has 2 aliphatic heterocycles. The molecule has 0 amide bonds. The number of cyclic esters (lactones) is 1. The topological polar surface area (TPSA) is 78.9 Å². The number of thioether (sulfide) groups is 1. The van der Waals surface area contributed by atoms with Crippen LogP contribution in [0.1, 0.15) is 72.1 Å². The maximum atomic E-state index is 13.1. The van der Waals surface area contributed by atoms with Crippen LogP contribution in [0.2, 0.25) is 0 Å². The summed E-state index contributed by atoms with van der Waals surface area (Å²) in [5, 5.41) is -0.157. The molecule has 2 saturated heterocycles. The predicted molar refractivity (Wildman–Crippen MR) is 127 cm³/mol. The van der Waals surface area contributed by atoms with Crippen molar-refractivity contribution in [3.05, 3.63) is 11.6 Å². The molecule has 186 valence electrons. The van der Waals surface area contributed by atoms with Crippen molar-refractivity contribution in [1.82, 2.24) is 0 Å². The summed E-state index contributed by atoms with van der Waals surface area (Å²) in [6.07, 6.45) is 9.12. The van der Waals surface area contributed by atoms with E-state index in [0.29, 0.717) is 42.3 Å². The molecule has 0 N–H and O–H groups in total. The maximum Gasteiger partial charge on any atom is 0.319 e. The third kappa shape index (κ3) is 3.25. The Balaban J connectivity index is 1.18. The molecule has 7 atom stereocenters. The molecule has 3 saturated carbocycles. The first kappa shape index (κ1) is 23.2. The van der Waals surface area contributed by atoms with Gasteiger partial charge in [0.1, 0.15) is 11.0 Å². The molecule has 1 unspecified atom stereocenters. The van der Waals surface area contributed by atoms with Gasteiger partial charge in [-0.3, -0.25) is 14.4 Å². The lowest BCUT2D eigenvalue weighted by molar-refractivity contribution is -0.428. The average molecular weight is 489 g/mol. The van der Waals surface area contributed by atoms with E-state index in [9.17, 15) is 14.4 Å². The van der Waals surface area contributed by atoms with Gasteiger partial charge in [0, 0.05) is 24.5 Å². The monoisotopic (exact) mass is 488 g/mol. The predicted octanol–water partition coefficient (Wildman–Crippen LogP) is 4.45. The second-order valence-corrected chi connectivity index (χ2v) is 13.3. The minimum Gasteiger partial charge on any atom is -0.465 e. The van der Waals surface area contributed by atoms with E-state index in [2.05, 4.69) is 13.8 Å². The van der Waals surface area contributed by atoms with Crippen molar-refractivity contribution in [3.8, 4) is 0 Å². The molecule has 6 rings (SSSR count). The van der Waals surface area contributed by atoms with Gasteiger partial charge < -0.3 is 14.2 Å². The fourth-order valence-corrected chi connectivity index (χ4v) is 9.83. The fraction of sp³-hybridized carbons (Fsp3) is 0.815. The van der Waals surface area contributed by atoms with Crippen molar-refractivity contribution < 1.29 is 28.6 Å². The molecule has 34 heavy (non-hydrogen) atoms. The number of hydrogen-bond donors (Lipinski definition) is 0. The van der Waals surface area contributed by atoms with Crippen LogP contribution in [0.4, 0.5) is 0 Å². The minimum absolute atomic E-state index is 0.0573. The van der Waals surface area contributed by atoms with Crippen LogP contribution in [0.15, 0.2) is 11.6 Å². The Morgan fingerprint density at radius 2 is 1.88 bits per heavy atom. The van der Waals surface area contributed by atoms with Gasteiger partial charge in [-0.2, -0.15) is 0 Å². The van der Waals surface area contributed by atoms with Gasteiger partial charge in [0.05, 0.1) is 6.61 Å². The number of esters is 1. The molecule has 1 spiro atoms. The van der Waals surface area contributed by atoms with Crippen LogP contribution < -0.4 is 0 Å². The van der Waals surface area contributed by atoms with Crippen molar-refractivity contribution in [1.29, 1.82) is 0 Å². The maximum absolute atomic E-state index is 13.1. The van der Waals surface area contributed by atoms with Crippen molar-refractivity contribution in [3.63, 3.8) is 0 Å². The number of fused-ring (bicyclic) bond motifs is 5. The zero-order valence-electron chi connectivity index (χ0n) is 20.5. The summed E-state index contributed by atoms with van der Waals surface area (Å²) in [5.74, 6) is 1.38. The Morgan fingerprint density at radius 3 is 2.59 bits per heavy atom. The number of hydrogen-bond acceptors (Lipinski definition) is 7. The molecule has 4 aliphatic carbocycles. The molecular formula is C27H36O6S. The lowest BCUT2D eigenvalue weighted by Crippen LogP contribution is -2.65. The number of allylic oxidation sites excluding steroid dienone is 1. The van der Waals surface area contributed by atoms with Gasteiger partial charge in [-0.05, 0) is 80.1 Å². The zero-order chi connectivity index (χ0) is 23.9. The smallest absolute Gasteiger partial charge is 0.319 e. The van der Waals surface area contributed by atoms with Gasteiger partial charge in [0.25, 0.3) is 0 Å². The Kier molecular flexibility index (Phi) is 5.40. The SMILES string of the molecule is CC(=O)[C@H]1CC[C@H]2[C@@H]3CCC4=CC(=O)C5(C[C@]4(C)[C@H]3CC[C@]12C)OC(CSC1CCOC1=O)O5. The van der Waals surface area contributed by atoms with E-state index in [1.807, 2.05) is 6.08 Å². The molecule has 0 aromatic heterocycles. The summed E-state index contributed by atoms with van der Waals surface area (Å²) >= 11 is 1.50. The lowest BCUT2D eigenvalue weighted by atomic mass is 9.46. The average Bonchev–Trinajstić information content (AvgIpc) is 3.33. The largest absolute Gasteiger partial charge is 0.465 e. The molecule has 0 aromatic carbocycles. The van der Waals surface area contributed by atoms with Gasteiger partial charge in [-0.15, -0.1) is 11.8 Å². The highest BCUT2D eigenvalue weighted by molar-refractivity contribution is 8.00. The molecule has 7 heteroatoms. The van der Waals surface area contributed by atoms with Crippen LogP contribution in [0, 0.1) is 34.5 Å². The van der Waals surface area contributed by atoms with Crippen LogP contribution in [-0.4, -0.2) is 47.2 Å². The van der Waals surface area contributed by atoms with Gasteiger partial charge in [0.2, 0.25) is 11.6 Å². The summed E-state index contributed by atoms with van der Waals surface area (Å²) in [6, 6.07) is 0. The van der Waals surface area contributed by atoms with Crippen LogP contribution in [0.5, 0.6) is 0 Å². The van der Waals surface area contributed by atoms with Gasteiger partial charge >= 0.3 is 5.97 Å². The highest BCUT2D eigenvalue weighted by atomic mass is 32.2. The number of rotatable bonds is 4. The first-order valence-electron chi connectivity index (χ1n) is 13.1. The quantitative estimate of drug-likeness (QED) is 0.541. The highest BCUT2D eigenvalue weighted by Gasteiger charge is 2.65. The fourth-order valence-electron chi connectivity index (χ4n) is 8.84. The molecule has 0 bridgehead atoms. The Morgan fingerprint density at radius 1 is 1.09 bits per heavy atom. The number of ketones is 2. The number of ether oxygens (including phenoxy) is 3. The first-order valence-corrected chi connectivity index (χ1v) is 14.1. The Bertz CT molecular complexity index is 953. The van der Waals surface area contributed by atoms with Crippen LogP contribution in [0.3, 0.4) is 0 Å². The molecule has 6 aliphatic rings. The normalized spacial score (nSPS) is 49.6. The number of carbonyl (C=O) groups excluding carboxylic acids is 3. The van der Waals surface area contributed by atoms with E-state index >= 15 is 0 Å². The van der Waals surface area contributed by atoms with E-state index in [1.54, 1.807) is 6.92 Å². The Hall–Kier alpha value is -1.18. The first-order chi connectivity index (χ1) is 16.2. The van der Waals surface area contributed by atoms with Crippen molar-refractivity contribution in [2.24, 2.45) is 34.5 Å². The van der Waals surface area contributed by atoms with E-state index in [1.165, 1.54) is 17.3 Å². The van der Waals surface area contributed by atoms with E-state index < -0.39 is 12.1 Å². The van der Waals surface area contributed by atoms with E-state index in [4.69, 9.17) is 14.2 Å². The summed E-state index contributed by atoms with van der Waals surface area (Å²) in [4.78, 5) is 37.3. The summed E-state index contributed by atoms with van der Waals surface area (Å²) < 4.78 is 17.4. The number of Topliss-reactive ketones (excluding diaryl/α,β-unsaturated/α-hetero) is 1. The van der Waals surface area contributed by atoms with E-state index in [-0.39, 0.29) is 33.8 Å². The third-order valence-electron chi connectivity index (χ3n) is 10.5. The molecule has 5 fully saturated rings. The van der Waals surface area contributed by atoms with Gasteiger partial charge in [0.15, 0.2) is 6.29 Å². The van der Waals surface area contributed by atoms with Crippen LogP contribution in [-0.2, 0) is 28.6 Å². The summed E-state index contributed by atoms with van der Waals surface area (Å²) in [7, 11) is 0. The highest BCUT2D eigenvalue weighted by Crippen LogP contribution is 2.68. The van der Waals surface area contributed by atoms with Gasteiger partial charge in [-0.1, -0.05) is 19.4 Å². The van der Waals surface area contributed by atoms with Crippen molar-refractivity contribution in [2.75, 3.05) is 12.4 Å². The van der Waals surface area contributed by atoms with E-state index in [0.717, 1.165) is 44.9 Å². The van der Waals surface area contributed by atoms with Crippen LogP contribution in [0.25, 0.3) is 0 Å². The molecular weight excluding hydrogens is 452 g/mol. The standard InChI is InChI=1S/C27H36O6S/c1-15(28)18-6-7-19-17-5-4-16-12-22(29)27(14-26(16,3)20(17)8-10-25(18,19)2)32-23(33-27)13-34-21-9-11-31-24(21)30/h12,17-21,23H,4-11,13-14H2,1-3H3/t17-,18+,19-,20-,21?,23?,25+,26-,27?/m0/s1. The summed E-state index contributed by atoms with van der Waals surface area (Å²) in [5.41, 5.74) is 1.28. The summed E-state index contributed by atoms with van der Waals surface area (Å²) in [6.45, 7) is 6.95. The van der Waals surface area contributed by atoms with Gasteiger partial charge in [-0.25, -0.2) is 0 Å². The molecule has 0 radical (unpaired) electrons. The van der Waals surface area contributed by atoms with Crippen LogP contribution >= 0.6 is 11.8 Å². The zero-order valence-corrected chi connectivity index (χ0v) is 21.3. The third-order valence-corrected chi connectivity index (χ3v) is 11.8. The minimum atomic E-state index is -1.17.